The van der Waals surface area contributed by atoms with E-state index in [0.717, 1.165) is 11.4 Å². The molecule has 90 valence electrons. The summed E-state index contributed by atoms with van der Waals surface area (Å²) in [5.41, 5.74) is 7.35. The maximum absolute atomic E-state index is 12.1. The molecule has 0 saturated carbocycles. The average molecular weight is 252 g/mol. The van der Waals surface area contributed by atoms with Crippen LogP contribution in [0.25, 0.3) is 5.69 Å². The van der Waals surface area contributed by atoms with Crippen molar-refractivity contribution in [3.8, 4) is 5.69 Å². The summed E-state index contributed by atoms with van der Waals surface area (Å²) >= 11 is 5.93. The lowest BCUT2D eigenvalue weighted by Gasteiger charge is -2.11. The first kappa shape index (κ1) is 11.8. The molecule has 4 nitrogen and oxygen atoms in total. The van der Waals surface area contributed by atoms with Gasteiger partial charge in [0.2, 0.25) is 0 Å². The van der Waals surface area contributed by atoms with E-state index in [-0.39, 0.29) is 11.2 Å². The Labute approximate surface area is 104 Å². The number of hydrogen-bond acceptors (Lipinski definition) is 2. The first-order valence-electron chi connectivity index (χ1n) is 5.40. The van der Waals surface area contributed by atoms with Gasteiger partial charge in [-0.3, -0.25) is 9.48 Å². The van der Waals surface area contributed by atoms with Gasteiger partial charge in [0, 0.05) is 11.6 Å². The van der Waals surface area contributed by atoms with Gasteiger partial charge in [-0.1, -0.05) is 17.7 Å². The smallest absolute Gasteiger partial charge is 0.294 e. The van der Waals surface area contributed by atoms with Gasteiger partial charge < -0.3 is 5.73 Å². The number of nitrogen functional groups attached to an aromatic ring is 1. The summed E-state index contributed by atoms with van der Waals surface area (Å²) in [6.45, 7) is 4.47. The molecule has 0 bridgehead atoms. The molecule has 0 aliphatic rings. The molecule has 1 aromatic carbocycles. The Balaban J connectivity index is 2.75. The van der Waals surface area contributed by atoms with Crippen molar-refractivity contribution in [3.05, 3.63) is 45.3 Å². The summed E-state index contributed by atoms with van der Waals surface area (Å²) in [5, 5.41) is 0.592. The topological polar surface area (TPSA) is 52.9 Å². The second-order valence-electron chi connectivity index (χ2n) is 3.81. The summed E-state index contributed by atoms with van der Waals surface area (Å²) in [4.78, 5) is 12.1. The second-order valence-corrected chi connectivity index (χ2v) is 4.25. The minimum absolute atomic E-state index is 0.202. The van der Waals surface area contributed by atoms with Crippen molar-refractivity contribution < 1.29 is 0 Å². The molecule has 2 aromatic rings. The predicted octanol–water partition coefficient (Wildman–Crippen LogP) is 2.20. The van der Waals surface area contributed by atoms with E-state index < -0.39 is 0 Å². The molecule has 1 heterocycles. The fraction of sp³-hybridized carbons (Fsp3) is 0.250. The number of anilines is 1. The number of benzene rings is 1. The van der Waals surface area contributed by atoms with Gasteiger partial charge in [-0.15, -0.1) is 0 Å². The molecule has 0 fully saturated rings. The van der Waals surface area contributed by atoms with E-state index in [2.05, 4.69) is 0 Å². The SMILES string of the molecule is CCn1c(C)c(N)c(=O)n1-c1cccc(Cl)c1. The normalized spacial score (nSPS) is 10.8. The van der Waals surface area contributed by atoms with Crippen LogP contribution in [0.3, 0.4) is 0 Å². The molecule has 17 heavy (non-hydrogen) atoms. The fourth-order valence-electron chi connectivity index (χ4n) is 1.91. The van der Waals surface area contributed by atoms with Crippen molar-refractivity contribution in [2.75, 3.05) is 5.73 Å². The van der Waals surface area contributed by atoms with Gasteiger partial charge in [-0.05, 0) is 32.0 Å². The van der Waals surface area contributed by atoms with Gasteiger partial charge in [0.25, 0.3) is 5.56 Å². The number of hydrogen-bond donors (Lipinski definition) is 1. The van der Waals surface area contributed by atoms with Gasteiger partial charge in [0.15, 0.2) is 0 Å². The van der Waals surface area contributed by atoms with Crippen molar-refractivity contribution in [2.45, 2.75) is 20.4 Å². The highest BCUT2D eigenvalue weighted by molar-refractivity contribution is 6.30. The number of nitrogens with zero attached hydrogens (tertiary/aromatic N) is 2. The zero-order valence-corrected chi connectivity index (χ0v) is 10.5. The van der Waals surface area contributed by atoms with Crippen LogP contribution in [0.1, 0.15) is 12.6 Å². The molecule has 5 heteroatoms. The summed E-state index contributed by atoms with van der Waals surface area (Å²) < 4.78 is 3.39. The molecule has 0 spiro atoms. The number of rotatable bonds is 2. The first-order chi connectivity index (χ1) is 8.06. The number of nitrogens with two attached hydrogens (primary N) is 1. The molecule has 0 aliphatic carbocycles. The van der Waals surface area contributed by atoms with Crippen LogP contribution in [0, 0.1) is 6.92 Å². The highest BCUT2D eigenvalue weighted by atomic mass is 35.5. The minimum atomic E-state index is -0.202. The lowest BCUT2D eigenvalue weighted by Crippen LogP contribution is -2.21. The molecule has 2 N–H and O–H groups in total. The second kappa shape index (κ2) is 4.30. The van der Waals surface area contributed by atoms with Gasteiger partial charge in [-0.2, -0.15) is 0 Å². The van der Waals surface area contributed by atoms with E-state index in [1.54, 1.807) is 16.8 Å². The van der Waals surface area contributed by atoms with Crippen molar-refractivity contribution in [2.24, 2.45) is 0 Å². The third-order valence-corrected chi connectivity index (χ3v) is 3.03. The third kappa shape index (κ3) is 1.85. The van der Waals surface area contributed by atoms with Crippen molar-refractivity contribution in [1.82, 2.24) is 9.36 Å². The van der Waals surface area contributed by atoms with Crippen LogP contribution in [-0.4, -0.2) is 9.36 Å². The first-order valence-corrected chi connectivity index (χ1v) is 5.78. The third-order valence-electron chi connectivity index (χ3n) is 2.79. The Kier molecular flexibility index (Phi) is 2.98. The molecule has 0 radical (unpaired) electrons. The highest BCUT2D eigenvalue weighted by Crippen LogP contribution is 2.16. The Bertz CT molecular complexity index is 613. The molecule has 0 unspecified atom stereocenters. The van der Waals surface area contributed by atoms with Gasteiger partial charge in [0.05, 0.1) is 11.4 Å². The number of aromatic nitrogens is 2. The van der Waals surface area contributed by atoms with E-state index >= 15 is 0 Å². The largest absolute Gasteiger partial charge is 0.393 e. The van der Waals surface area contributed by atoms with E-state index in [9.17, 15) is 4.79 Å². The average Bonchev–Trinajstić information content (AvgIpc) is 2.53. The number of halogens is 1. The fourth-order valence-corrected chi connectivity index (χ4v) is 2.10. The van der Waals surface area contributed by atoms with Gasteiger partial charge >= 0.3 is 0 Å². The lowest BCUT2D eigenvalue weighted by atomic mass is 10.3. The van der Waals surface area contributed by atoms with Gasteiger partial charge in [0.1, 0.15) is 5.69 Å². The maximum atomic E-state index is 12.1. The molecule has 0 atom stereocenters. The quantitative estimate of drug-likeness (QED) is 0.890. The van der Waals surface area contributed by atoms with E-state index in [1.807, 2.05) is 30.7 Å². The molecular formula is C12H14ClN3O. The van der Waals surface area contributed by atoms with Crippen LogP contribution in [0.4, 0.5) is 5.69 Å². The van der Waals surface area contributed by atoms with Crippen molar-refractivity contribution in [3.63, 3.8) is 0 Å². The van der Waals surface area contributed by atoms with Crippen LogP contribution in [0.2, 0.25) is 5.02 Å². The van der Waals surface area contributed by atoms with E-state index in [0.29, 0.717) is 11.6 Å². The molecule has 1 aromatic heterocycles. The molecule has 0 aliphatic heterocycles. The van der Waals surface area contributed by atoms with Crippen LogP contribution >= 0.6 is 11.6 Å². The van der Waals surface area contributed by atoms with Crippen LogP contribution in [0.5, 0.6) is 0 Å². The Hall–Kier alpha value is -1.68. The Morgan fingerprint density at radius 1 is 1.41 bits per heavy atom. The summed E-state index contributed by atoms with van der Waals surface area (Å²) in [6.07, 6.45) is 0. The Morgan fingerprint density at radius 3 is 2.71 bits per heavy atom. The van der Waals surface area contributed by atoms with Gasteiger partial charge in [-0.25, -0.2) is 4.68 Å². The highest BCUT2D eigenvalue weighted by Gasteiger charge is 2.14. The Morgan fingerprint density at radius 2 is 2.12 bits per heavy atom. The molecular weight excluding hydrogens is 238 g/mol. The van der Waals surface area contributed by atoms with E-state index in [1.165, 1.54) is 0 Å². The summed E-state index contributed by atoms with van der Waals surface area (Å²) in [7, 11) is 0. The zero-order chi connectivity index (χ0) is 12.6. The molecule has 0 saturated heterocycles. The lowest BCUT2D eigenvalue weighted by molar-refractivity contribution is 0.560. The zero-order valence-electron chi connectivity index (χ0n) is 9.77. The summed E-state index contributed by atoms with van der Waals surface area (Å²) in [5.74, 6) is 0. The van der Waals surface area contributed by atoms with Crippen molar-refractivity contribution >= 4 is 17.3 Å². The van der Waals surface area contributed by atoms with Crippen LogP contribution in [-0.2, 0) is 6.54 Å². The van der Waals surface area contributed by atoms with Crippen LogP contribution in [0.15, 0.2) is 29.1 Å². The van der Waals surface area contributed by atoms with Crippen molar-refractivity contribution in [1.29, 1.82) is 0 Å². The predicted molar refractivity (Wildman–Crippen MR) is 69.9 cm³/mol. The standard InChI is InChI=1S/C12H14ClN3O/c1-3-15-8(2)11(14)12(17)16(15)10-6-4-5-9(13)7-10/h4-7H,3,14H2,1-2H3. The summed E-state index contributed by atoms with van der Waals surface area (Å²) in [6, 6.07) is 7.15. The maximum Gasteiger partial charge on any atom is 0.294 e. The van der Waals surface area contributed by atoms with Crippen LogP contribution < -0.4 is 11.3 Å². The monoisotopic (exact) mass is 251 g/mol. The molecule has 0 amide bonds. The minimum Gasteiger partial charge on any atom is -0.393 e. The molecule has 2 rings (SSSR count). The van der Waals surface area contributed by atoms with E-state index in [4.69, 9.17) is 17.3 Å².